The lowest BCUT2D eigenvalue weighted by Gasteiger charge is -2.11. The molecule has 0 bridgehead atoms. The molecule has 0 aliphatic carbocycles. The molecule has 30 heavy (non-hydrogen) atoms. The molecule has 156 valence electrons. The molecule has 4 rings (SSSR count). The maximum absolute atomic E-state index is 12.5. The van der Waals surface area contributed by atoms with Gasteiger partial charge in [-0.25, -0.2) is 0 Å². The van der Waals surface area contributed by atoms with Crippen molar-refractivity contribution in [3.8, 4) is 11.5 Å². The Kier molecular flexibility index (Phi) is 5.54. The Morgan fingerprint density at radius 3 is 2.73 bits per heavy atom. The van der Waals surface area contributed by atoms with E-state index < -0.39 is 0 Å². The Labute approximate surface area is 177 Å². The maximum Gasteiger partial charge on any atom is 0.234 e. The number of benzene rings is 1. The first kappa shape index (κ1) is 20.1. The summed E-state index contributed by atoms with van der Waals surface area (Å²) in [4.78, 5) is 12.5. The van der Waals surface area contributed by atoms with Gasteiger partial charge in [-0.15, -0.1) is 10.2 Å². The highest BCUT2D eigenvalue weighted by atomic mass is 32.2. The average molecular weight is 426 g/mol. The second kappa shape index (κ2) is 8.27. The van der Waals surface area contributed by atoms with Crippen LogP contribution in [0.15, 0.2) is 39.8 Å². The van der Waals surface area contributed by atoms with Crippen LogP contribution < -0.4 is 14.8 Å². The van der Waals surface area contributed by atoms with Crippen LogP contribution in [-0.4, -0.2) is 40.5 Å². The van der Waals surface area contributed by atoms with E-state index >= 15 is 0 Å². The van der Waals surface area contributed by atoms with Gasteiger partial charge in [-0.1, -0.05) is 18.7 Å². The molecule has 3 heterocycles. The number of rotatable bonds is 7. The summed E-state index contributed by atoms with van der Waals surface area (Å²) in [6.45, 7) is 3.95. The minimum absolute atomic E-state index is 0.172. The minimum Gasteiger partial charge on any atom is -0.497 e. The fourth-order valence-corrected chi connectivity index (χ4v) is 4.04. The zero-order valence-electron chi connectivity index (χ0n) is 17.2. The van der Waals surface area contributed by atoms with Crippen molar-refractivity contribution in [2.75, 3.05) is 25.3 Å². The summed E-state index contributed by atoms with van der Waals surface area (Å²) in [7, 11) is 3.12. The quantitative estimate of drug-likeness (QED) is 0.445. The molecule has 8 nitrogen and oxygen atoms in total. The molecule has 0 atom stereocenters. The second-order valence-electron chi connectivity index (χ2n) is 6.65. The van der Waals surface area contributed by atoms with Crippen molar-refractivity contribution in [1.82, 2.24) is 14.6 Å². The third-order valence-corrected chi connectivity index (χ3v) is 5.66. The number of fused-ring (bicyclic) bond motifs is 3. The van der Waals surface area contributed by atoms with Gasteiger partial charge in [0.2, 0.25) is 5.91 Å². The van der Waals surface area contributed by atoms with Gasteiger partial charge in [-0.2, -0.15) is 0 Å². The molecule has 1 N–H and O–H groups in total. The van der Waals surface area contributed by atoms with Crippen LogP contribution in [0.5, 0.6) is 11.5 Å². The highest BCUT2D eigenvalue weighted by Gasteiger charge is 2.17. The third kappa shape index (κ3) is 3.68. The number of nitrogens with zero attached hydrogens (tertiary/aromatic N) is 3. The predicted octanol–water partition coefficient (Wildman–Crippen LogP) is 4.09. The Hall–Kier alpha value is -3.20. The summed E-state index contributed by atoms with van der Waals surface area (Å²) in [5.41, 5.74) is 3.21. The van der Waals surface area contributed by atoms with Crippen molar-refractivity contribution >= 4 is 40.0 Å². The van der Waals surface area contributed by atoms with Gasteiger partial charge in [-0.05, 0) is 19.1 Å². The Morgan fingerprint density at radius 2 is 2.00 bits per heavy atom. The number of carbonyl (C=O) groups excluding carboxylic acids is 1. The van der Waals surface area contributed by atoms with E-state index in [0.29, 0.717) is 22.2 Å². The number of aromatic nitrogens is 3. The van der Waals surface area contributed by atoms with E-state index in [2.05, 4.69) is 15.5 Å². The molecule has 0 aliphatic heterocycles. The number of thioether (sulfide) groups is 1. The van der Waals surface area contributed by atoms with Crippen LogP contribution >= 0.6 is 11.8 Å². The summed E-state index contributed by atoms with van der Waals surface area (Å²) in [6, 6.07) is 9.17. The molecular weight excluding hydrogens is 404 g/mol. The molecule has 0 spiro atoms. The van der Waals surface area contributed by atoms with Crippen LogP contribution in [0.25, 0.3) is 16.6 Å². The van der Waals surface area contributed by atoms with Crippen molar-refractivity contribution in [3.05, 3.63) is 41.9 Å². The van der Waals surface area contributed by atoms with E-state index in [0.717, 1.165) is 34.6 Å². The predicted molar refractivity (Wildman–Crippen MR) is 116 cm³/mol. The largest absolute Gasteiger partial charge is 0.497 e. The molecule has 0 fully saturated rings. The van der Waals surface area contributed by atoms with Crippen molar-refractivity contribution in [3.63, 3.8) is 0 Å². The monoisotopic (exact) mass is 426 g/mol. The molecule has 0 unspecified atom stereocenters. The van der Waals surface area contributed by atoms with Gasteiger partial charge >= 0.3 is 0 Å². The number of anilines is 1. The molecule has 1 amide bonds. The Bertz CT molecular complexity index is 1230. The summed E-state index contributed by atoms with van der Waals surface area (Å²) in [6.07, 6.45) is 0.736. The van der Waals surface area contributed by atoms with E-state index in [-0.39, 0.29) is 11.7 Å². The number of methoxy groups -OCH3 is 2. The first-order chi connectivity index (χ1) is 14.5. The van der Waals surface area contributed by atoms with Gasteiger partial charge in [0, 0.05) is 24.6 Å². The lowest BCUT2D eigenvalue weighted by molar-refractivity contribution is -0.113. The molecule has 0 radical (unpaired) electrons. The van der Waals surface area contributed by atoms with Gasteiger partial charge in [0.05, 0.1) is 36.7 Å². The number of nitrogens with one attached hydrogen (secondary N) is 1. The summed E-state index contributed by atoms with van der Waals surface area (Å²) < 4.78 is 18.3. The number of hydrogen-bond acceptors (Lipinski definition) is 7. The smallest absolute Gasteiger partial charge is 0.234 e. The molecule has 0 saturated heterocycles. The molecule has 0 aliphatic rings. The van der Waals surface area contributed by atoms with Crippen molar-refractivity contribution in [2.45, 2.75) is 25.3 Å². The van der Waals surface area contributed by atoms with Gasteiger partial charge in [0.1, 0.15) is 28.1 Å². The first-order valence-electron chi connectivity index (χ1n) is 9.45. The fourth-order valence-electron chi connectivity index (χ4n) is 3.30. The highest BCUT2D eigenvalue weighted by Crippen LogP contribution is 2.31. The van der Waals surface area contributed by atoms with Gasteiger partial charge in [-0.3, -0.25) is 9.20 Å². The number of carbonyl (C=O) groups is 1. The van der Waals surface area contributed by atoms with E-state index in [1.165, 1.54) is 11.8 Å². The summed E-state index contributed by atoms with van der Waals surface area (Å²) >= 11 is 1.33. The third-order valence-electron chi connectivity index (χ3n) is 4.69. The number of aryl methyl sites for hydroxylation is 2. The number of ether oxygens (including phenoxy) is 2. The molecular formula is C21H22N4O4S. The number of amides is 1. The van der Waals surface area contributed by atoms with Crippen LogP contribution in [0, 0.1) is 6.92 Å². The summed E-state index contributed by atoms with van der Waals surface area (Å²) in [5.74, 6) is 2.88. The Morgan fingerprint density at radius 1 is 1.17 bits per heavy atom. The highest BCUT2D eigenvalue weighted by molar-refractivity contribution is 8.00. The van der Waals surface area contributed by atoms with Crippen LogP contribution in [-0.2, 0) is 11.2 Å². The normalized spacial score (nSPS) is 11.2. The van der Waals surface area contributed by atoms with E-state index in [4.69, 9.17) is 13.9 Å². The van der Waals surface area contributed by atoms with Gasteiger partial charge in [0.25, 0.3) is 0 Å². The zero-order valence-corrected chi connectivity index (χ0v) is 18.0. The molecule has 4 aromatic rings. The topological polar surface area (TPSA) is 90.9 Å². The van der Waals surface area contributed by atoms with E-state index in [1.54, 1.807) is 32.4 Å². The number of furan rings is 1. The Balaban J connectivity index is 1.55. The molecule has 3 aromatic heterocycles. The number of hydrogen-bond donors (Lipinski definition) is 1. The van der Waals surface area contributed by atoms with E-state index in [9.17, 15) is 4.79 Å². The fraction of sp³-hybridized carbons (Fsp3) is 0.286. The maximum atomic E-state index is 12.5. The van der Waals surface area contributed by atoms with Gasteiger partial charge < -0.3 is 19.2 Å². The minimum atomic E-state index is -0.172. The van der Waals surface area contributed by atoms with Crippen LogP contribution in [0.2, 0.25) is 0 Å². The SMILES string of the molecule is CCc1nnc(SCC(=O)Nc2ccc(OC)cc2OC)c2cc3oc(C)cc3n12. The van der Waals surface area contributed by atoms with Crippen LogP contribution in [0.4, 0.5) is 5.69 Å². The van der Waals surface area contributed by atoms with Crippen molar-refractivity contribution in [2.24, 2.45) is 0 Å². The van der Waals surface area contributed by atoms with Crippen LogP contribution in [0.3, 0.4) is 0 Å². The molecule has 9 heteroatoms. The standard InChI is InChI=1S/C21H22N4O4S/c1-5-19-23-24-21(16-10-18-15(25(16)19)8-12(2)29-18)30-11-20(26)22-14-7-6-13(27-3)9-17(14)28-4/h6-10H,5,11H2,1-4H3,(H,22,26). The molecule has 0 saturated carbocycles. The lowest BCUT2D eigenvalue weighted by Crippen LogP contribution is -2.15. The average Bonchev–Trinajstić information content (AvgIpc) is 3.28. The molecule has 1 aromatic carbocycles. The zero-order chi connectivity index (χ0) is 21.3. The second-order valence-corrected chi connectivity index (χ2v) is 7.61. The summed E-state index contributed by atoms with van der Waals surface area (Å²) in [5, 5.41) is 12.2. The van der Waals surface area contributed by atoms with Crippen molar-refractivity contribution < 1.29 is 18.7 Å². The van der Waals surface area contributed by atoms with Crippen molar-refractivity contribution in [1.29, 1.82) is 0 Å². The first-order valence-corrected chi connectivity index (χ1v) is 10.4. The lowest BCUT2D eigenvalue weighted by atomic mass is 10.2. The van der Waals surface area contributed by atoms with Crippen LogP contribution in [0.1, 0.15) is 18.5 Å². The van der Waals surface area contributed by atoms with E-state index in [1.807, 2.05) is 30.4 Å². The van der Waals surface area contributed by atoms with Gasteiger partial charge in [0.15, 0.2) is 5.58 Å².